The molecule has 1 saturated heterocycles. The van der Waals surface area contributed by atoms with Crippen molar-refractivity contribution in [3.8, 4) is 0 Å². The number of carbonyl (C=O) groups excluding carboxylic acids is 1. The van der Waals surface area contributed by atoms with E-state index in [4.69, 9.17) is 0 Å². The van der Waals surface area contributed by atoms with Crippen LogP contribution in [0.25, 0.3) is 0 Å². The van der Waals surface area contributed by atoms with Gasteiger partial charge in [0.15, 0.2) is 14.6 Å². The standard InChI is InChI=1S/C13H19BrN2O3S2.ClH/c1-21(18,19)13(5-8-15-9-6-13)12(17)16-7-4-10-2-3-11(14)20-10;/h2-3,15H,4-9H2,1H3,(H,16,17);1H. The van der Waals surface area contributed by atoms with Crippen LogP contribution < -0.4 is 10.6 Å². The number of thiophene rings is 1. The highest BCUT2D eigenvalue weighted by Gasteiger charge is 2.48. The molecule has 0 aromatic carbocycles. The summed E-state index contributed by atoms with van der Waals surface area (Å²) in [5.74, 6) is -0.359. The molecule has 0 atom stereocenters. The molecule has 0 aliphatic carbocycles. The average molecular weight is 432 g/mol. The lowest BCUT2D eigenvalue weighted by Gasteiger charge is -2.34. The highest BCUT2D eigenvalue weighted by Crippen LogP contribution is 2.28. The fraction of sp³-hybridized carbons (Fsp3) is 0.615. The second kappa shape index (κ2) is 8.10. The Morgan fingerprint density at radius 2 is 2.05 bits per heavy atom. The third-order valence-corrected chi connectivity index (χ3v) is 7.52. The number of nitrogens with one attached hydrogen (secondary N) is 2. The number of amides is 1. The summed E-state index contributed by atoms with van der Waals surface area (Å²) in [5, 5.41) is 5.91. The maximum absolute atomic E-state index is 12.4. The first-order valence-corrected chi connectivity index (χ1v) is 10.3. The van der Waals surface area contributed by atoms with Gasteiger partial charge in [-0.3, -0.25) is 4.79 Å². The number of hydrogen-bond donors (Lipinski definition) is 2. The molecule has 22 heavy (non-hydrogen) atoms. The minimum absolute atomic E-state index is 0. The van der Waals surface area contributed by atoms with Gasteiger partial charge in [0.05, 0.1) is 3.79 Å². The first-order chi connectivity index (χ1) is 9.85. The molecular formula is C13H20BrClN2O3S2. The van der Waals surface area contributed by atoms with E-state index in [0.717, 1.165) is 14.9 Å². The van der Waals surface area contributed by atoms with Gasteiger partial charge in [0.1, 0.15) is 0 Å². The molecule has 1 aliphatic heterocycles. The van der Waals surface area contributed by atoms with Gasteiger partial charge < -0.3 is 10.6 Å². The Balaban J connectivity index is 0.00000242. The maximum Gasteiger partial charge on any atom is 0.241 e. The number of rotatable bonds is 5. The lowest BCUT2D eigenvalue weighted by Crippen LogP contribution is -2.57. The Hall–Kier alpha value is -0.150. The molecule has 1 amide bonds. The van der Waals surface area contributed by atoms with Crippen molar-refractivity contribution in [2.75, 3.05) is 25.9 Å². The summed E-state index contributed by atoms with van der Waals surface area (Å²) in [6.07, 6.45) is 2.54. The number of piperidine rings is 1. The van der Waals surface area contributed by atoms with E-state index in [-0.39, 0.29) is 18.3 Å². The van der Waals surface area contributed by atoms with Crippen molar-refractivity contribution in [3.63, 3.8) is 0 Å². The highest BCUT2D eigenvalue weighted by molar-refractivity contribution is 9.11. The molecule has 1 aromatic rings. The number of halogens is 2. The molecule has 1 aliphatic rings. The molecule has 1 fully saturated rings. The molecule has 2 N–H and O–H groups in total. The van der Waals surface area contributed by atoms with Crippen LogP contribution in [0.1, 0.15) is 17.7 Å². The maximum atomic E-state index is 12.4. The molecule has 0 bridgehead atoms. The molecule has 1 aromatic heterocycles. The lowest BCUT2D eigenvalue weighted by molar-refractivity contribution is -0.124. The molecule has 0 unspecified atom stereocenters. The van der Waals surface area contributed by atoms with Crippen molar-refractivity contribution >= 4 is 55.4 Å². The van der Waals surface area contributed by atoms with Gasteiger partial charge in [-0.2, -0.15) is 0 Å². The topological polar surface area (TPSA) is 75.3 Å². The van der Waals surface area contributed by atoms with E-state index in [1.165, 1.54) is 0 Å². The number of carbonyl (C=O) groups is 1. The monoisotopic (exact) mass is 430 g/mol. The molecule has 0 spiro atoms. The van der Waals surface area contributed by atoms with Gasteiger partial charge >= 0.3 is 0 Å². The summed E-state index contributed by atoms with van der Waals surface area (Å²) in [6, 6.07) is 3.96. The predicted molar refractivity (Wildman–Crippen MR) is 95.7 cm³/mol. The number of hydrogen-bond acceptors (Lipinski definition) is 5. The fourth-order valence-electron chi connectivity index (χ4n) is 2.54. The van der Waals surface area contributed by atoms with Gasteiger partial charge in [-0.15, -0.1) is 23.7 Å². The van der Waals surface area contributed by atoms with E-state index in [1.807, 2.05) is 12.1 Å². The van der Waals surface area contributed by atoms with Crippen LogP contribution in [-0.2, 0) is 21.1 Å². The molecule has 0 saturated carbocycles. The van der Waals surface area contributed by atoms with Crippen LogP contribution >= 0.6 is 39.7 Å². The van der Waals surface area contributed by atoms with Gasteiger partial charge in [-0.1, -0.05) is 0 Å². The zero-order valence-electron chi connectivity index (χ0n) is 12.2. The molecule has 2 rings (SSSR count). The first kappa shape index (κ1) is 19.9. The van der Waals surface area contributed by atoms with Gasteiger partial charge in [0, 0.05) is 17.7 Å². The average Bonchev–Trinajstić information content (AvgIpc) is 2.84. The minimum Gasteiger partial charge on any atom is -0.354 e. The normalized spacial score (nSPS) is 17.5. The molecular weight excluding hydrogens is 412 g/mol. The number of sulfone groups is 1. The van der Waals surface area contributed by atoms with Crippen LogP contribution in [0.15, 0.2) is 15.9 Å². The van der Waals surface area contributed by atoms with Crippen molar-refractivity contribution in [3.05, 3.63) is 20.8 Å². The fourth-order valence-corrected chi connectivity index (χ4v) is 5.38. The minimum atomic E-state index is -3.43. The van der Waals surface area contributed by atoms with Crippen molar-refractivity contribution in [2.24, 2.45) is 0 Å². The lowest BCUT2D eigenvalue weighted by atomic mass is 9.96. The van der Waals surface area contributed by atoms with Gasteiger partial charge in [0.2, 0.25) is 5.91 Å². The van der Waals surface area contributed by atoms with E-state index < -0.39 is 14.6 Å². The summed E-state index contributed by atoms with van der Waals surface area (Å²) in [7, 11) is -3.43. The Morgan fingerprint density at radius 3 is 2.55 bits per heavy atom. The molecule has 2 heterocycles. The summed E-state index contributed by atoms with van der Waals surface area (Å²) >= 11 is 5.01. The Kier molecular flexibility index (Phi) is 7.32. The van der Waals surface area contributed by atoms with Crippen LogP contribution in [-0.4, -0.2) is 45.0 Å². The van der Waals surface area contributed by atoms with Crippen LogP contribution in [0.3, 0.4) is 0 Å². The molecule has 126 valence electrons. The molecule has 9 heteroatoms. The Labute approximate surface area is 149 Å². The van der Waals surface area contributed by atoms with Gasteiger partial charge in [0.25, 0.3) is 0 Å². The van der Waals surface area contributed by atoms with Crippen molar-refractivity contribution in [2.45, 2.75) is 24.0 Å². The Morgan fingerprint density at radius 1 is 1.41 bits per heavy atom. The zero-order valence-corrected chi connectivity index (χ0v) is 16.3. The summed E-state index contributed by atoms with van der Waals surface area (Å²) in [4.78, 5) is 13.6. The van der Waals surface area contributed by atoms with E-state index in [2.05, 4.69) is 26.6 Å². The SMILES string of the molecule is CS(=O)(=O)C1(C(=O)NCCc2ccc(Br)s2)CCNCC1.Cl. The summed E-state index contributed by atoms with van der Waals surface area (Å²) < 4.78 is 24.0. The van der Waals surface area contributed by atoms with E-state index >= 15 is 0 Å². The smallest absolute Gasteiger partial charge is 0.241 e. The zero-order chi connectivity index (χ0) is 15.5. The molecule has 0 radical (unpaired) electrons. The van der Waals surface area contributed by atoms with E-state index in [9.17, 15) is 13.2 Å². The Bertz CT molecular complexity index is 613. The van der Waals surface area contributed by atoms with Crippen molar-refractivity contribution in [1.29, 1.82) is 0 Å². The van der Waals surface area contributed by atoms with Crippen LogP contribution in [0.5, 0.6) is 0 Å². The van der Waals surface area contributed by atoms with Crippen LogP contribution in [0, 0.1) is 0 Å². The van der Waals surface area contributed by atoms with Crippen molar-refractivity contribution in [1.82, 2.24) is 10.6 Å². The largest absolute Gasteiger partial charge is 0.354 e. The second-order valence-corrected chi connectivity index (χ2v) is 10.1. The summed E-state index contributed by atoms with van der Waals surface area (Å²) in [6.45, 7) is 1.56. The molecule has 5 nitrogen and oxygen atoms in total. The van der Waals surface area contributed by atoms with Crippen LogP contribution in [0.4, 0.5) is 0 Å². The van der Waals surface area contributed by atoms with E-state index in [0.29, 0.717) is 38.9 Å². The predicted octanol–water partition coefficient (Wildman–Crippen LogP) is 1.76. The third kappa shape index (κ3) is 4.44. The van der Waals surface area contributed by atoms with Gasteiger partial charge in [-0.05, 0) is 60.4 Å². The van der Waals surface area contributed by atoms with E-state index in [1.54, 1.807) is 11.3 Å². The van der Waals surface area contributed by atoms with Crippen LogP contribution in [0.2, 0.25) is 0 Å². The second-order valence-electron chi connectivity index (χ2n) is 5.23. The third-order valence-electron chi connectivity index (χ3n) is 3.82. The van der Waals surface area contributed by atoms with Crippen molar-refractivity contribution < 1.29 is 13.2 Å². The highest BCUT2D eigenvalue weighted by atomic mass is 79.9. The first-order valence-electron chi connectivity index (χ1n) is 6.78. The summed E-state index contributed by atoms with van der Waals surface area (Å²) in [5.41, 5.74) is 0. The quantitative estimate of drug-likeness (QED) is 0.745. The van der Waals surface area contributed by atoms with Gasteiger partial charge in [-0.25, -0.2) is 8.42 Å².